The minimum absolute atomic E-state index is 0.0660. The fourth-order valence-electron chi connectivity index (χ4n) is 7.23. The zero-order valence-corrected chi connectivity index (χ0v) is 26.9. The van der Waals surface area contributed by atoms with Crippen molar-refractivity contribution >= 4 is 21.9 Å². The third-order valence-electron chi connectivity index (χ3n) is 9.68. The van der Waals surface area contributed by atoms with Gasteiger partial charge in [0, 0.05) is 38.9 Å². The molecular formula is C45H29N3O2. The summed E-state index contributed by atoms with van der Waals surface area (Å²) in [7, 11) is 0. The molecule has 10 rings (SSSR count). The summed E-state index contributed by atoms with van der Waals surface area (Å²) in [4.78, 5) is 14.8. The van der Waals surface area contributed by atoms with Gasteiger partial charge in [-0.2, -0.15) is 0 Å². The van der Waals surface area contributed by atoms with Crippen LogP contribution in [0, 0.1) is 0 Å². The molecule has 2 unspecified atom stereocenters. The fourth-order valence-corrected chi connectivity index (χ4v) is 7.23. The van der Waals surface area contributed by atoms with Crippen LogP contribution in [0.15, 0.2) is 168 Å². The predicted molar refractivity (Wildman–Crippen MR) is 200 cm³/mol. The Labute approximate surface area is 288 Å². The van der Waals surface area contributed by atoms with E-state index in [9.17, 15) is 0 Å². The van der Waals surface area contributed by atoms with Crippen molar-refractivity contribution in [3.8, 4) is 62.2 Å². The van der Waals surface area contributed by atoms with Crippen molar-refractivity contribution in [1.29, 1.82) is 0 Å². The van der Waals surface area contributed by atoms with Gasteiger partial charge < -0.3 is 9.15 Å². The monoisotopic (exact) mass is 643 g/mol. The molecule has 1 aliphatic heterocycles. The lowest BCUT2D eigenvalue weighted by atomic mass is 9.91. The van der Waals surface area contributed by atoms with E-state index in [1.54, 1.807) is 0 Å². The van der Waals surface area contributed by atoms with Gasteiger partial charge in [0.15, 0.2) is 17.5 Å². The molecule has 6 aromatic carbocycles. The summed E-state index contributed by atoms with van der Waals surface area (Å²) < 4.78 is 12.7. The number of allylic oxidation sites excluding steroid dienone is 2. The average Bonchev–Trinajstić information content (AvgIpc) is 3.76. The van der Waals surface area contributed by atoms with Gasteiger partial charge in [-0.15, -0.1) is 0 Å². The third-order valence-corrected chi connectivity index (χ3v) is 9.68. The molecule has 0 radical (unpaired) electrons. The minimum Gasteiger partial charge on any atom is -0.485 e. The molecule has 0 bridgehead atoms. The van der Waals surface area contributed by atoms with E-state index >= 15 is 0 Å². The van der Waals surface area contributed by atoms with Crippen LogP contribution in [0.25, 0.3) is 78.4 Å². The first-order chi connectivity index (χ1) is 24.7. The first-order valence-corrected chi connectivity index (χ1v) is 16.8. The van der Waals surface area contributed by atoms with Crippen LogP contribution in [0.4, 0.5) is 0 Å². The lowest BCUT2D eigenvalue weighted by molar-refractivity contribution is 0.269. The lowest BCUT2D eigenvalue weighted by Crippen LogP contribution is -2.15. The number of nitrogens with zero attached hydrogens (tertiary/aromatic N) is 3. The number of rotatable bonds is 5. The Morgan fingerprint density at radius 1 is 0.460 bits per heavy atom. The second-order valence-electron chi connectivity index (χ2n) is 12.7. The number of fused-ring (bicyclic) bond motifs is 6. The standard InChI is InChI=1S/C45H29N3O2/c1-3-11-28(12-4-1)43-46-44(29-13-5-2-6-14-29)48-45(47-43)33-16-9-15-32(25-33)34-18-10-20-40-42(34)37-26-30(22-24-39(37)49-40)31-21-23-36-35-17-7-8-19-38(35)50-41(36)27-31/h1-27,35,38H. The molecule has 0 saturated heterocycles. The Hall–Kier alpha value is -6.59. The number of ether oxygens (including phenoxy) is 1. The third kappa shape index (κ3) is 4.82. The molecular weight excluding hydrogens is 615 g/mol. The van der Waals surface area contributed by atoms with E-state index in [-0.39, 0.29) is 12.0 Å². The van der Waals surface area contributed by atoms with E-state index in [2.05, 4.69) is 97.1 Å². The molecule has 3 heterocycles. The van der Waals surface area contributed by atoms with Gasteiger partial charge in [-0.25, -0.2) is 15.0 Å². The van der Waals surface area contributed by atoms with Crippen LogP contribution in [0.5, 0.6) is 5.75 Å². The average molecular weight is 644 g/mol. The van der Waals surface area contributed by atoms with Crippen LogP contribution in [0.3, 0.4) is 0 Å². The van der Waals surface area contributed by atoms with Gasteiger partial charge >= 0.3 is 0 Å². The van der Waals surface area contributed by atoms with Crippen molar-refractivity contribution in [2.75, 3.05) is 0 Å². The first-order valence-electron chi connectivity index (χ1n) is 16.8. The van der Waals surface area contributed by atoms with Crippen molar-refractivity contribution in [2.24, 2.45) is 0 Å². The lowest BCUT2D eigenvalue weighted by Gasteiger charge is -2.13. The molecule has 236 valence electrons. The smallest absolute Gasteiger partial charge is 0.164 e. The highest BCUT2D eigenvalue weighted by Crippen LogP contribution is 2.44. The summed E-state index contributed by atoms with van der Waals surface area (Å²) in [5.74, 6) is 3.12. The van der Waals surface area contributed by atoms with Gasteiger partial charge in [0.05, 0.1) is 0 Å². The largest absolute Gasteiger partial charge is 0.485 e. The fraction of sp³-hybridized carbons (Fsp3) is 0.0444. The Balaban J connectivity index is 1.08. The molecule has 50 heavy (non-hydrogen) atoms. The van der Waals surface area contributed by atoms with Crippen LogP contribution in [0.2, 0.25) is 0 Å². The van der Waals surface area contributed by atoms with E-state index in [0.717, 1.165) is 66.6 Å². The number of aromatic nitrogens is 3. The summed E-state index contributed by atoms with van der Waals surface area (Å²) in [6.07, 6.45) is 8.59. The van der Waals surface area contributed by atoms with E-state index in [0.29, 0.717) is 17.5 Å². The molecule has 0 fully saturated rings. The van der Waals surface area contributed by atoms with Gasteiger partial charge in [-0.1, -0.05) is 127 Å². The Morgan fingerprint density at radius 3 is 1.88 bits per heavy atom. The van der Waals surface area contributed by atoms with E-state index in [1.165, 1.54) is 5.56 Å². The van der Waals surface area contributed by atoms with Crippen LogP contribution >= 0.6 is 0 Å². The maximum atomic E-state index is 6.42. The highest BCUT2D eigenvalue weighted by Gasteiger charge is 2.32. The van der Waals surface area contributed by atoms with Crippen LogP contribution < -0.4 is 4.74 Å². The zero-order valence-electron chi connectivity index (χ0n) is 26.9. The van der Waals surface area contributed by atoms with E-state index in [4.69, 9.17) is 24.1 Å². The molecule has 0 spiro atoms. The van der Waals surface area contributed by atoms with Gasteiger partial charge in [-0.3, -0.25) is 0 Å². The minimum atomic E-state index is 0.0660. The van der Waals surface area contributed by atoms with Crippen molar-refractivity contribution in [3.05, 3.63) is 169 Å². The molecule has 0 amide bonds. The first kappa shape index (κ1) is 28.4. The quantitative estimate of drug-likeness (QED) is 0.187. The van der Waals surface area contributed by atoms with Crippen molar-refractivity contribution in [1.82, 2.24) is 15.0 Å². The Morgan fingerprint density at radius 2 is 1.10 bits per heavy atom. The summed E-state index contributed by atoms with van der Waals surface area (Å²) >= 11 is 0. The van der Waals surface area contributed by atoms with Crippen LogP contribution in [-0.2, 0) is 0 Å². The second kappa shape index (κ2) is 11.5. The number of hydrogen-bond donors (Lipinski definition) is 0. The van der Waals surface area contributed by atoms with Crippen molar-refractivity contribution < 1.29 is 9.15 Å². The normalized spacial score (nSPS) is 16.0. The molecule has 8 aromatic rings. The zero-order chi connectivity index (χ0) is 33.0. The molecule has 2 aromatic heterocycles. The molecule has 0 N–H and O–H groups in total. The Bertz CT molecular complexity index is 2580. The van der Waals surface area contributed by atoms with Crippen molar-refractivity contribution in [3.63, 3.8) is 0 Å². The van der Waals surface area contributed by atoms with Gasteiger partial charge in [-0.05, 0) is 58.7 Å². The van der Waals surface area contributed by atoms with Crippen LogP contribution in [-0.4, -0.2) is 21.1 Å². The molecule has 0 saturated carbocycles. The van der Waals surface area contributed by atoms with E-state index in [1.807, 2.05) is 66.7 Å². The van der Waals surface area contributed by atoms with Gasteiger partial charge in [0.2, 0.25) is 0 Å². The maximum absolute atomic E-state index is 6.42. The maximum Gasteiger partial charge on any atom is 0.164 e. The molecule has 5 heteroatoms. The number of benzene rings is 6. The number of hydrogen-bond acceptors (Lipinski definition) is 5. The topological polar surface area (TPSA) is 61.0 Å². The molecule has 5 nitrogen and oxygen atoms in total. The molecule has 1 aliphatic carbocycles. The SMILES string of the molecule is C1=CC2Oc3cc(-c4ccc5oc6cccc(-c7cccc(-c8nc(-c9ccccc9)nc(-c9ccccc9)n8)c7)c6c5c4)ccc3C2C=C1. The highest BCUT2D eigenvalue weighted by atomic mass is 16.5. The predicted octanol–water partition coefficient (Wildman–Crippen LogP) is 11.1. The summed E-state index contributed by atoms with van der Waals surface area (Å²) in [6, 6.07) is 47.8. The highest BCUT2D eigenvalue weighted by molar-refractivity contribution is 6.13. The van der Waals surface area contributed by atoms with Crippen LogP contribution in [0.1, 0.15) is 11.5 Å². The second-order valence-corrected chi connectivity index (χ2v) is 12.7. The Kier molecular flexibility index (Phi) is 6.56. The summed E-state index contributed by atoms with van der Waals surface area (Å²) in [5, 5.41) is 2.14. The van der Waals surface area contributed by atoms with Gasteiger partial charge in [0.25, 0.3) is 0 Å². The van der Waals surface area contributed by atoms with E-state index < -0.39 is 0 Å². The van der Waals surface area contributed by atoms with Gasteiger partial charge in [0.1, 0.15) is 23.0 Å². The molecule has 2 aliphatic rings. The summed E-state index contributed by atoms with van der Waals surface area (Å²) in [5.41, 5.74) is 10.1. The molecule has 2 atom stereocenters. The summed E-state index contributed by atoms with van der Waals surface area (Å²) in [6.45, 7) is 0. The van der Waals surface area contributed by atoms with Crippen molar-refractivity contribution in [2.45, 2.75) is 12.0 Å². The number of furan rings is 1.